The third kappa shape index (κ3) is 6.44. The van der Waals surface area contributed by atoms with Gasteiger partial charge in [-0.15, -0.1) is 0 Å². The highest BCUT2D eigenvalue weighted by atomic mass is 16.2. The van der Waals surface area contributed by atoms with Crippen LogP contribution in [0.25, 0.3) is 11.1 Å². The van der Waals surface area contributed by atoms with Crippen LogP contribution in [0.4, 0.5) is 0 Å². The lowest BCUT2D eigenvalue weighted by Crippen LogP contribution is -2.36. The van der Waals surface area contributed by atoms with E-state index in [1.54, 1.807) is 0 Å². The van der Waals surface area contributed by atoms with Gasteiger partial charge in [-0.2, -0.15) is 0 Å². The summed E-state index contributed by atoms with van der Waals surface area (Å²) in [6.45, 7) is 6.81. The number of carbonyl (C=O) groups excluding carboxylic acids is 2. The zero-order chi connectivity index (χ0) is 24.6. The summed E-state index contributed by atoms with van der Waals surface area (Å²) >= 11 is 0. The molecule has 3 N–H and O–H groups in total. The van der Waals surface area contributed by atoms with Gasteiger partial charge in [0.15, 0.2) is 0 Å². The van der Waals surface area contributed by atoms with Gasteiger partial charge in [0.2, 0.25) is 5.91 Å². The topological polar surface area (TPSA) is 78.7 Å². The van der Waals surface area contributed by atoms with Crippen molar-refractivity contribution in [3.63, 3.8) is 0 Å². The first-order valence-corrected chi connectivity index (χ1v) is 11.9. The number of likely N-dealkylation sites (tertiary alicyclic amines) is 1. The summed E-state index contributed by atoms with van der Waals surface area (Å²) in [7, 11) is 0. The molecule has 0 bridgehead atoms. The first-order valence-electron chi connectivity index (χ1n) is 11.9. The summed E-state index contributed by atoms with van der Waals surface area (Å²) < 4.78 is 0. The van der Waals surface area contributed by atoms with Crippen LogP contribution in [0.1, 0.15) is 27.9 Å². The number of nitrogens with one attached hydrogen (secondary N) is 1. The van der Waals surface area contributed by atoms with E-state index >= 15 is 0 Å². The molecule has 1 aliphatic heterocycles. The van der Waals surface area contributed by atoms with Crippen LogP contribution >= 0.6 is 0 Å². The Morgan fingerprint density at radius 3 is 2.46 bits per heavy atom. The Morgan fingerprint density at radius 1 is 1.00 bits per heavy atom. The Labute approximate surface area is 207 Å². The zero-order valence-corrected chi connectivity index (χ0v) is 19.9. The van der Waals surface area contributed by atoms with Gasteiger partial charge >= 0.3 is 0 Å². The number of nitrogens with zero attached hydrogens (tertiary/aromatic N) is 2. The molecule has 0 aromatic heterocycles. The van der Waals surface area contributed by atoms with Crippen molar-refractivity contribution >= 4 is 11.8 Å². The first kappa shape index (κ1) is 24.4. The third-order valence-corrected chi connectivity index (χ3v) is 6.33. The normalized spacial score (nSPS) is 15.5. The number of carbonyl (C=O) groups is 2. The molecule has 1 heterocycles. The SMILES string of the molecule is C=CN(Cc1cccc(-c2ccc(C(=O)NC3CCN(Cc4ccccc4)C3)cc2)c1)C(=O)CN. The van der Waals surface area contributed by atoms with Gasteiger partial charge in [-0.25, -0.2) is 0 Å². The quantitative estimate of drug-likeness (QED) is 0.501. The second kappa shape index (κ2) is 11.6. The van der Waals surface area contributed by atoms with Crippen LogP contribution in [0.5, 0.6) is 0 Å². The van der Waals surface area contributed by atoms with E-state index in [2.05, 4.69) is 41.1 Å². The van der Waals surface area contributed by atoms with Crippen molar-refractivity contribution in [2.24, 2.45) is 5.73 Å². The van der Waals surface area contributed by atoms with Crippen LogP contribution in [0.15, 0.2) is 91.6 Å². The lowest BCUT2D eigenvalue weighted by molar-refractivity contribution is -0.127. The Hall–Kier alpha value is -3.74. The summed E-state index contributed by atoms with van der Waals surface area (Å²) in [5.41, 5.74) is 10.4. The van der Waals surface area contributed by atoms with Gasteiger partial charge in [0, 0.05) is 31.2 Å². The molecule has 0 radical (unpaired) electrons. The zero-order valence-electron chi connectivity index (χ0n) is 19.9. The maximum atomic E-state index is 12.8. The molecule has 180 valence electrons. The predicted molar refractivity (Wildman–Crippen MR) is 139 cm³/mol. The van der Waals surface area contributed by atoms with Crippen molar-refractivity contribution in [2.45, 2.75) is 25.6 Å². The number of benzene rings is 3. The molecule has 1 unspecified atom stereocenters. The van der Waals surface area contributed by atoms with Crippen molar-refractivity contribution in [2.75, 3.05) is 19.6 Å². The Bertz CT molecular complexity index is 1160. The minimum atomic E-state index is -0.175. The van der Waals surface area contributed by atoms with Crippen molar-refractivity contribution in [3.8, 4) is 11.1 Å². The van der Waals surface area contributed by atoms with Crippen molar-refractivity contribution < 1.29 is 9.59 Å². The van der Waals surface area contributed by atoms with Crippen LogP contribution in [0, 0.1) is 0 Å². The minimum absolute atomic E-state index is 0.0428. The summed E-state index contributed by atoms with van der Waals surface area (Å²) in [6, 6.07) is 26.2. The average molecular weight is 469 g/mol. The maximum Gasteiger partial charge on any atom is 0.251 e. The predicted octanol–water partition coefficient (Wildman–Crippen LogP) is 3.79. The van der Waals surface area contributed by atoms with Gasteiger partial charge in [0.1, 0.15) is 0 Å². The first-order chi connectivity index (χ1) is 17.1. The Morgan fingerprint density at radius 2 is 1.74 bits per heavy atom. The summed E-state index contributed by atoms with van der Waals surface area (Å²) in [5, 5.41) is 3.19. The van der Waals surface area contributed by atoms with E-state index < -0.39 is 0 Å². The number of hydrogen-bond acceptors (Lipinski definition) is 4. The maximum absolute atomic E-state index is 12.8. The van der Waals surface area contributed by atoms with Gasteiger partial charge in [-0.1, -0.05) is 67.2 Å². The van der Waals surface area contributed by atoms with E-state index in [1.165, 1.54) is 16.7 Å². The van der Waals surface area contributed by atoms with Crippen molar-refractivity contribution in [3.05, 3.63) is 108 Å². The molecule has 35 heavy (non-hydrogen) atoms. The van der Waals surface area contributed by atoms with Crippen LogP contribution in [0.2, 0.25) is 0 Å². The molecule has 2 amide bonds. The number of nitrogens with two attached hydrogens (primary N) is 1. The van der Waals surface area contributed by atoms with Crippen LogP contribution in [0.3, 0.4) is 0 Å². The summed E-state index contributed by atoms with van der Waals surface area (Å²) in [5.74, 6) is -0.218. The van der Waals surface area contributed by atoms with Crippen molar-refractivity contribution in [1.29, 1.82) is 0 Å². The van der Waals surface area contributed by atoms with Crippen LogP contribution < -0.4 is 11.1 Å². The lowest BCUT2D eigenvalue weighted by Gasteiger charge is -2.18. The molecule has 1 fully saturated rings. The highest BCUT2D eigenvalue weighted by Crippen LogP contribution is 2.22. The number of hydrogen-bond donors (Lipinski definition) is 2. The van der Waals surface area contributed by atoms with Gasteiger partial charge in [-0.3, -0.25) is 14.5 Å². The van der Waals surface area contributed by atoms with Gasteiger partial charge < -0.3 is 16.0 Å². The highest BCUT2D eigenvalue weighted by Gasteiger charge is 2.24. The largest absolute Gasteiger partial charge is 0.348 e. The fourth-order valence-corrected chi connectivity index (χ4v) is 4.44. The van der Waals surface area contributed by atoms with E-state index in [-0.39, 0.29) is 24.4 Å². The molecular formula is C29H32N4O2. The van der Waals surface area contributed by atoms with E-state index in [9.17, 15) is 9.59 Å². The molecule has 4 rings (SSSR count). The molecule has 3 aromatic carbocycles. The second-order valence-corrected chi connectivity index (χ2v) is 8.87. The summed E-state index contributed by atoms with van der Waals surface area (Å²) in [6.07, 6.45) is 2.46. The van der Waals surface area contributed by atoms with Crippen LogP contribution in [-0.2, 0) is 17.9 Å². The molecule has 1 aliphatic rings. The fourth-order valence-electron chi connectivity index (χ4n) is 4.44. The molecule has 6 nitrogen and oxygen atoms in total. The van der Waals surface area contributed by atoms with Gasteiger partial charge in [0.25, 0.3) is 5.91 Å². The van der Waals surface area contributed by atoms with Gasteiger partial charge in [-0.05, 0) is 53.1 Å². The molecular weight excluding hydrogens is 436 g/mol. The van der Waals surface area contributed by atoms with E-state index in [1.807, 2.05) is 54.6 Å². The average Bonchev–Trinajstić information content (AvgIpc) is 3.34. The molecule has 1 saturated heterocycles. The minimum Gasteiger partial charge on any atom is -0.348 e. The molecule has 0 spiro atoms. The number of rotatable bonds is 9. The molecule has 6 heteroatoms. The Balaban J connectivity index is 1.34. The smallest absolute Gasteiger partial charge is 0.251 e. The lowest BCUT2D eigenvalue weighted by atomic mass is 10.0. The highest BCUT2D eigenvalue weighted by molar-refractivity contribution is 5.95. The fraction of sp³-hybridized carbons (Fsp3) is 0.241. The third-order valence-electron chi connectivity index (χ3n) is 6.33. The summed E-state index contributed by atoms with van der Waals surface area (Å²) in [4.78, 5) is 28.6. The van der Waals surface area contributed by atoms with E-state index in [0.717, 1.165) is 42.7 Å². The van der Waals surface area contributed by atoms with E-state index in [4.69, 9.17) is 5.73 Å². The monoisotopic (exact) mass is 468 g/mol. The number of amides is 2. The molecule has 0 aliphatic carbocycles. The second-order valence-electron chi connectivity index (χ2n) is 8.87. The molecule has 0 saturated carbocycles. The Kier molecular flexibility index (Phi) is 8.08. The van der Waals surface area contributed by atoms with Gasteiger partial charge in [0.05, 0.1) is 13.1 Å². The van der Waals surface area contributed by atoms with Crippen molar-refractivity contribution in [1.82, 2.24) is 15.1 Å². The standard InChI is InChI=1S/C29H32N4O2/c1-2-33(28(34)18-30)20-23-9-6-10-26(17-23)24-11-13-25(14-12-24)29(35)31-27-15-16-32(21-27)19-22-7-4-3-5-8-22/h2-14,17,27H,1,15-16,18-21,30H2,(H,31,35). The molecule has 3 aromatic rings. The van der Waals surface area contributed by atoms with Crippen LogP contribution in [-0.4, -0.2) is 47.3 Å². The molecule has 1 atom stereocenters. The van der Waals surface area contributed by atoms with E-state index in [0.29, 0.717) is 12.1 Å².